The van der Waals surface area contributed by atoms with E-state index >= 15 is 0 Å². The van der Waals surface area contributed by atoms with Crippen LogP contribution < -0.4 is 4.74 Å². The molecule has 0 aromatic heterocycles. The summed E-state index contributed by atoms with van der Waals surface area (Å²) in [5.41, 5.74) is 1.09. The minimum Gasteiger partial charge on any atom is -0.496 e. The minimum atomic E-state index is -1.15. The number of carbonyl (C=O) groups excluding carboxylic acids is 4. The Morgan fingerprint density at radius 1 is 0.909 bits per heavy atom. The number of ether oxygens (including phenoxy) is 6. The third kappa shape index (κ3) is 6.92. The van der Waals surface area contributed by atoms with Crippen molar-refractivity contribution < 1.29 is 47.6 Å². The molecule has 2 rings (SSSR count). The Labute approximate surface area is 192 Å². The summed E-state index contributed by atoms with van der Waals surface area (Å²) in [6.07, 6.45) is -4.97. The maximum absolute atomic E-state index is 12.0. The van der Waals surface area contributed by atoms with Crippen LogP contribution >= 0.6 is 0 Å². The van der Waals surface area contributed by atoms with Crippen LogP contribution in [0.5, 0.6) is 5.75 Å². The highest BCUT2D eigenvalue weighted by Crippen LogP contribution is 2.41. The van der Waals surface area contributed by atoms with E-state index in [2.05, 4.69) is 0 Å². The summed E-state index contributed by atoms with van der Waals surface area (Å²) in [5.74, 6) is -1.91. The molecule has 5 atom stereocenters. The van der Waals surface area contributed by atoms with Crippen molar-refractivity contribution in [2.45, 2.75) is 71.6 Å². The maximum atomic E-state index is 12.0. The third-order valence-corrected chi connectivity index (χ3v) is 4.93. The first-order valence-electron chi connectivity index (χ1n) is 10.6. The van der Waals surface area contributed by atoms with Gasteiger partial charge in [-0.15, -0.1) is 0 Å². The molecule has 0 bridgehead atoms. The Balaban J connectivity index is 2.55. The smallest absolute Gasteiger partial charge is 0.310 e. The van der Waals surface area contributed by atoms with Gasteiger partial charge in [-0.05, 0) is 31.5 Å². The standard InChI is InChI=1S/C23H30O10/c1-7-29-19(27)11-16-8-9-18(28-6)17(10-16)21-23(33-15(5)26)22(32-14(4)25)20(12(2)30-21)31-13(3)24/h8-10,12,20-23H,7,11H2,1-6H3/t12-,20+,21-,22+,23+/m0/s1. The van der Waals surface area contributed by atoms with Gasteiger partial charge < -0.3 is 28.4 Å². The lowest BCUT2D eigenvalue weighted by molar-refractivity contribution is -0.245. The highest BCUT2D eigenvalue weighted by Gasteiger charge is 2.51. The fourth-order valence-corrected chi connectivity index (χ4v) is 3.76. The van der Waals surface area contributed by atoms with Crippen molar-refractivity contribution in [3.05, 3.63) is 29.3 Å². The van der Waals surface area contributed by atoms with Crippen molar-refractivity contribution in [2.75, 3.05) is 13.7 Å². The predicted octanol–water partition coefficient (Wildman–Crippen LogP) is 2.06. The molecule has 1 aliphatic heterocycles. The van der Waals surface area contributed by atoms with Gasteiger partial charge in [0.25, 0.3) is 0 Å². The number of methoxy groups -OCH3 is 1. The summed E-state index contributed by atoms with van der Waals surface area (Å²) >= 11 is 0. The first kappa shape index (κ1) is 26.1. The van der Waals surface area contributed by atoms with Gasteiger partial charge in [0, 0.05) is 26.3 Å². The molecule has 0 aliphatic carbocycles. The van der Waals surface area contributed by atoms with Crippen LogP contribution in [0.4, 0.5) is 0 Å². The second-order valence-corrected chi connectivity index (χ2v) is 7.54. The average Bonchev–Trinajstić information content (AvgIpc) is 2.71. The highest BCUT2D eigenvalue weighted by atomic mass is 16.6. The van der Waals surface area contributed by atoms with E-state index in [1.54, 1.807) is 32.0 Å². The second kappa shape index (κ2) is 11.6. The fourth-order valence-electron chi connectivity index (χ4n) is 3.76. The van der Waals surface area contributed by atoms with Crippen LogP contribution in [-0.2, 0) is 49.3 Å². The van der Waals surface area contributed by atoms with Crippen LogP contribution in [0.2, 0.25) is 0 Å². The zero-order valence-electron chi connectivity index (χ0n) is 19.6. The van der Waals surface area contributed by atoms with Crippen LogP contribution in [0.25, 0.3) is 0 Å². The topological polar surface area (TPSA) is 124 Å². The molecule has 0 unspecified atom stereocenters. The van der Waals surface area contributed by atoms with Gasteiger partial charge in [-0.25, -0.2) is 0 Å². The van der Waals surface area contributed by atoms with Gasteiger partial charge in [-0.2, -0.15) is 0 Å². The van der Waals surface area contributed by atoms with Crippen LogP contribution in [0.15, 0.2) is 18.2 Å². The molecular weight excluding hydrogens is 436 g/mol. The lowest BCUT2D eigenvalue weighted by atomic mass is 9.89. The molecule has 1 aromatic carbocycles. The predicted molar refractivity (Wildman–Crippen MR) is 113 cm³/mol. The van der Waals surface area contributed by atoms with Crippen LogP contribution in [0, 0.1) is 0 Å². The molecule has 1 fully saturated rings. The molecule has 0 amide bonds. The summed E-state index contributed by atoms with van der Waals surface area (Å²) in [5, 5.41) is 0. The van der Waals surface area contributed by atoms with E-state index in [1.807, 2.05) is 0 Å². The Bertz CT molecular complexity index is 880. The van der Waals surface area contributed by atoms with Crippen LogP contribution in [-0.4, -0.2) is 62.0 Å². The van der Waals surface area contributed by atoms with Crippen molar-refractivity contribution in [1.29, 1.82) is 0 Å². The van der Waals surface area contributed by atoms with Crippen LogP contribution in [0.1, 0.15) is 51.8 Å². The maximum Gasteiger partial charge on any atom is 0.310 e. The summed E-state index contributed by atoms with van der Waals surface area (Å²) in [6.45, 7) is 7.23. The fraction of sp³-hybridized carbons (Fsp3) is 0.565. The van der Waals surface area contributed by atoms with Crippen molar-refractivity contribution in [3.63, 3.8) is 0 Å². The van der Waals surface area contributed by atoms with Gasteiger partial charge >= 0.3 is 23.9 Å². The molecule has 182 valence electrons. The average molecular weight is 466 g/mol. The first-order valence-corrected chi connectivity index (χ1v) is 10.6. The molecule has 1 saturated heterocycles. The van der Waals surface area contributed by atoms with E-state index in [4.69, 9.17) is 28.4 Å². The molecule has 0 spiro atoms. The van der Waals surface area contributed by atoms with E-state index in [1.165, 1.54) is 27.9 Å². The third-order valence-electron chi connectivity index (χ3n) is 4.93. The molecule has 1 aliphatic rings. The second-order valence-electron chi connectivity index (χ2n) is 7.54. The van der Waals surface area contributed by atoms with E-state index in [-0.39, 0.29) is 13.0 Å². The normalized spacial score (nSPS) is 24.4. The van der Waals surface area contributed by atoms with Gasteiger partial charge in [-0.1, -0.05) is 6.07 Å². The number of hydrogen-bond acceptors (Lipinski definition) is 10. The quantitative estimate of drug-likeness (QED) is 0.415. The van der Waals surface area contributed by atoms with Crippen molar-refractivity contribution in [1.82, 2.24) is 0 Å². The van der Waals surface area contributed by atoms with E-state index in [0.717, 1.165) is 0 Å². The molecule has 0 N–H and O–H groups in total. The molecular formula is C23H30O10. The highest BCUT2D eigenvalue weighted by molar-refractivity contribution is 5.73. The van der Waals surface area contributed by atoms with Crippen molar-refractivity contribution in [2.24, 2.45) is 0 Å². The number of rotatable bonds is 8. The minimum absolute atomic E-state index is 0.00872. The lowest BCUT2D eigenvalue weighted by Crippen LogP contribution is -2.57. The molecule has 0 saturated carbocycles. The van der Waals surface area contributed by atoms with E-state index in [0.29, 0.717) is 16.9 Å². The number of carbonyl (C=O) groups is 4. The number of hydrogen-bond donors (Lipinski definition) is 0. The van der Waals surface area contributed by atoms with Gasteiger partial charge in [0.2, 0.25) is 0 Å². The lowest BCUT2D eigenvalue weighted by Gasteiger charge is -2.44. The summed E-state index contributed by atoms with van der Waals surface area (Å²) < 4.78 is 32.9. The first-order chi connectivity index (χ1) is 15.6. The van der Waals surface area contributed by atoms with Gasteiger partial charge in [0.05, 0.1) is 26.2 Å². The molecule has 0 radical (unpaired) electrons. The SMILES string of the molecule is CCOC(=O)Cc1ccc(OC)c([C@@H]2O[C@@H](C)[C@@H](OC(C)=O)[C@@H](OC(C)=O)[C@@H]2OC(C)=O)c1. The molecule has 1 heterocycles. The Morgan fingerprint density at radius 3 is 2.03 bits per heavy atom. The summed E-state index contributed by atoms with van der Waals surface area (Å²) in [7, 11) is 1.46. The van der Waals surface area contributed by atoms with Crippen molar-refractivity contribution in [3.8, 4) is 5.75 Å². The van der Waals surface area contributed by atoms with E-state index in [9.17, 15) is 19.2 Å². The zero-order chi connectivity index (χ0) is 24.7. The van der Waals surface area contributed by atoms with Gasteiger partial charge in [0.15, 0.2) is 18.3 Å². The molecule has 10 nitrogen and oxygen atoms in total. The Kier molecular flexibility index (Phi) is 9.22. The van der Waals surface area contributed by atoms with E-state index < -0.39 is 54.4 Å². The largest absolute Gasteiger partial charge is 0.496 e. The summed E-state index contributed by atoms with van der Waals surface area (Å²) in [6, 6.07) is 5.04. The van der Waals surface area contributed by atoms with Gasteiger partial charge in [-0.3, -0.25) is 19.2 Å². The number of benzene rings is 1. The van der Waals surface area contributed by atoms with Crippen molar-refractivity contribution >= 4 is 23.9 Å². The molecule has 1 aromatic rings. The monoisotopic (exact) mass is 466 g/mol. The summed E-state index contributed by atoms with van der Waals surface area (Å²) in [4.78, 5) is 47.5. The van der Waals surface area contributed by atoms with Gasteiger partial charge in [0.1, 0.15) is 11.9 Å². The Hall–Kier alpha value is -3.14. The number of esters is 4. The Morgan fingerprint density at radius 2 is 1.48 bits per heavy atom. The molecule has 33 heavy (non-hydrogen) atoms. The molecule has 10 heteroatoms. The zero-order valence-corrected chi connectivity index (χ0v) is 19.6. The van der Waals surface area contributed by atoms with Crippen LogP contribution in [0.3, 0.4) is 0 Å².